The highest BCUT2D eigenvalue weighted by atomic mass is 16.2. The van der Waals surface area contributed by atoms with E-state index in [0.717, 1.165) is 44.6 Å². The number of urea groups is 1. The first kappa shape index (κ1) is 18.2. The molecule has 0 unspecified atom stereocenters. The van der Waals surface area contributed by atoms with Crippen molar-refractivity contribution in [1.82, 2.24) is 20.5 Å². The van der Waals surface area contributed by atoms with Gasteiger partial charge in [0.2, 0.25) is 5.91 Å². The summed E-state index contributed by atoms with van der Waals surface area (Å²) >= 11 is 0. The van der Waals surface area contributed by atoms with Crippen LogP contribution in [0.25, 0.3) is 0 Å². The van der Waals surface area contributed by atoms with Crippen LogP contribution < -0.4 is 16.4 Å². The zero-order valence-electron chi connectivity index (χ0n) is 14.2. The van der Waals surface area contributed by atoms with E-state index in [0.29, 0.717) is 6.54 Å². The molecule has 0 spiro atoms. The Morgan fingerprint density at radius 1 is 1.38 bits per heavy atom. The molecule has 1 atom stereocenters. The summed E-state index contributed by atoms with van der Waals surface area (Å²) in [7, 11) is 0. The minimum absolute atomic E-state index is 0.0261. The van der Waals surface area contributed by atoms with Crippen molar-refractivity contribution < 1.29 is 9.59 Å². The second-order valence-electron chi connectivity index (χ2n) is 6.25. The molecule has 7 nitrogen and oxygen atoms in total. The molecule has 24 heavy (non-hydrogen) atoms. The third-order valence-corrected chi connectivity index (χ3v) is 4.41. The molecule has 7 heteroatoms. The van der Waals surface area contributed by atoms with Crippen molar-refractivity contribution in [2.45, 2.75) is 32.2 Å². The Bertz CT molecular complexity index is 529. The van der Waals surface area contributed by atoms with Gasteiger partial charge in [-0.05, 0) is 58.0 Å². The van der Waals surface area contributed by atoms with Gasteiger partial charge in [0.15, 0.2) is 0 Å². The number of carbonyl (C=O) groups is 2. The zero-order valence-corrected chi connectivity index (χ0v) is 14.2. The predicted molar refractivity (Wildman–Crippen MR) is 92.2 cm³/mol. The Kier molecular flexibility index (Phi) is 6.99. The fourth-order valence-corrected chi connectivity index (χ4v) is 2.90. The molecule has 1 aromatic rings. The number of hydrogen-bond acceptors (Lipinski definition) is 4. The molecule has 4 N–H and O–H groups in total. The summed E-state index contributed by atoms with van der Waals surface area (Å²) in [5.74, 6) is -0.159. The molecule has 0 saturated carbocycles. The lowest BCUT2D eigenvalue weighted by Crippen LogP contribution is -2.41. The summed E-state index contributed by atoms with van der Waals surface area (Å²) in [6, 6.07) is 5.34. The predicted octanol–water partition coefficient (Wildman–Crippen LogP) is 1.03. The van der Waals surface area contributed by atoms with Crippen LogP contribution in [0.3, 0.4) is 0 Å². The summed E-state index contributed by atoms with van der Waals surface area (Å²) in [6.07, 6.45) is 4.27. The number of carbonyl (C=O) groups excluding carboxylic acids is 2. The van der Waals surface area contributed by atoms with Crippen molar-refractivity contribution in [1.29, 1.82) is 0 Å². The second-order valence-corrected chi connectivity index (χ2v) is 6.25. The molecule has 1 aliphatic heterocycles. The highest BCUT2D eigenvalue weighted by molar-refractivity contribution is 5.76. The summed E-state index contributed by atoms with van der Waals surface area (Å²) in [6.45, 7) is 5.25. The van der Waals surface area contributed by atoms with Crippen LogP contribution in [-0.2, 0) is 4.79 Å². The van der Waals surface area contributed by atoms with Gasteiger partial charge in [-0.3, -0.25) is 9.78 Å². The number of amides is 3. The summed E-state index contributed by atoms with van der Waals surface area (Å²) in [5, 5.41) is 5.75. The van der Waals surface area contributed by atoms with E-state index in [1.165, 1.54) is 0 Å². The van der Waals surface area contributed by atoms with Crippen molar-refractivity contribution in [3.8, 4) is 0 Å². The van der Waals surface area contributed by atoms with E-state index in [1.807, 2.05) is 25.1 Å². The Hall–Kier alpha value is -2.15. The van der Waals surface area contributed by atoms with Crippen molar-refractivity contribution in [2.75, 3.05) is 26.2 Å². The van der Waals surface area contributed by atoms with Crippen molar-refractivity contribution in [2.24, 2.45) is 11.7 Å². The molecule has 2 rings (SSSR count). The fourth-order valence-electron chi connectivity index (χ4n) is 2.90. The average Bonchev–Trinajstić information content (AvgIpc) is 2.60. The monoisotopic (exact) mass is 333 g/mol. The average molecular weight is 333 g/mol. The first-order valence-corrected chi connectivity index (χ1v) is 8.53. The molecule has 1 aliphatic rings. The van der Waals surface area contributed by atoms with Crippen LogP contribution in [0.1, 0.15) is 37.9 Å². The number of rotatable bonds is 7. The summed E-state index contributed by atoms with van der Waals surface area (Å²) < 4.78 is 0. The highest BCUT2D eigenvalue weighted by Gasteiger charge is 2.22. The van der Waals surface area contributed by atoms with Gasteiger partial charge >= 0.3 is 6.03 Å². The minimum atomic E-state index is -0.185. The SMILES string of the molecule is C[C@@H](NC(=O)NCCCN1CCC(C(N)=O)CC1)c1ccccn1. The van der Waals surface area contributed by atoms with Gasteiger partial charge in [0.05, 0.1) is 11.7 Å². The molecule has 3 amide bonds. The van der Waals surface area contributed by atoms with E-state index >= 15 is 0 Å². The van der Waals surface area contributed by atoms with Crippen LogP contribution in [-0.4, -0.2) is 48.0 Å². The van der Waals surface area contributed by atoms with Crippen molar-refractivity contribution in [3.63, 3.8) is 0 Å². The number of pyridine rings is 1. The second kappa shape index (κ2) is 9.22. The standard InChI is InChI=1S/C17H27N5O2/c1-13(15-5-2-3-8-19-15)21-17(24)20-9-4-10-22-11-6-14(7-12-22)16(18)23/h2-3,5,8,13-14H,4,6-7,9-12H2,1H3,(H2,18,23)(H2,20,21,24)/t13-/m1/s1. The number of piperidine rings is 1. The Balaban J connectivity index is 1.57. The molecule has 0 bridgehead atoms. The van der Waals surface area contributed by atoms with E-state index in [4.69, 9.17) is 5.73 Å². The van der Waals surface area contributed by atoms with Gasteiger partial charge < -0.3 is 21.3 Å². The van der Waals surface area contributed by atoms with Crippen LogP contribution >= 0.6 is 0 Å². The number of primary amides is 1. The molecule has 1 aromatic heterocycles. The molecule has 0 aliphatic carbocycles. The molecule has 132 valence electrons. The third kappa shape index (κ3) is 5.81. The number of nitrogens with zero attached hydrogens (tertiary/aromatic N) is 2. The van der Waals surface area contributed by atoms with Crippen LogP contribution in [0.2, 0.25) is 0 Å². The Labute approximate surface area is 143 Å². The van der Waals surface area contributed by atoms with Gasteiger partial charge in [0, 0.05) is 18.7 Å². The first-order valence-electron chi connectivity index (χ1n) is 8.53. The molecule has 1 fully saturated rings. The van der Waals surface area contributed by atoms with E-state index in [-0.39, 0.29) is 23.9 Å². The van der Waals surface area contributed by atoms with Crippen molar-refractivity contribution in [3.05, 3.63) is 30.1 Å². The maximum absolute atomic E-state index is 11.9. The lowest BCUT2D eigenvalue weighted by molar-refractivity contribution is -0.123. The van der Waals surface area contributed by atoms with Gasteiger partial charge in [0.1, 0.15) is 0 Å². The van der Waals surface area contributed by atoms with Gasteiger partial charge in [-0.1, -0.05) is 6.07 Å². The van der Waals surface area contributed by atoms with Crippen molar-refractivity contribution >= 4 is 11.9 Å². The minimum Gasteiger partial charge on any atom is -0.369 e. The molecular weight excluding hydrogens is 306 g/mol. The lowest BCUT2D eigenvalue weighted by atomic mass is 9.96. The van der Waals surface area contributed by atoms with Gasteiger partial charge in [0.25, 0.3) is 0 Å². The Morgan fingerprint density at radius 3 is 2.75 bits per heavy atom. The smallest absolute Gasteiger partial charge is 0.315 e. The number of nitrogens with two attached hydrogens (primary N) is 1. The molecule has 0 aromatic carbocycles. The van der Waals surface area contributed by atoms with E-state index in [9.17, 15) is 9.59 Å². The largest absolute Gasteiger partial charge is 0.369 e. The van der Waals surface area contributed by atoms with Crippen LogP contribution in [0.5, 0.6) is 0 Å². The van der Waals surface area contributed by atoms with Crippen LogP contribution in [0.4, 0.5) is 4.79 Å². The topological polar surface area (TPSA) is 100 Å². The number of likely N-dealkylation sites (tertiary alicyclic amines) is 1. The van der Waals surface area contributed by atoms with Gasteiger partial charge in [-0.15, -0.1) is 0 Å². The Morgan fingerprint density at radius 2 is 2.12 bits per heavy atom. The number of hydrogen-bond donors (Lipinski definition) is 3. The number of nitrogens with one attached hydrogen (secondary N) is 2. The number of aromatic nitrogens is 1. The van der Waals surface area contributed by atoms with E-state index < -0.39 is 0 Å². The van der Waals surface area contributed by atoms with E-state index in [2.05, 4.69) is 20.5 Å². The maximum atomic E-state index is 11.9. The summed E-state index contributed by atoms with van der Waals surface area (Å²) in [5.41, 5.74) is 6.17. The maximum Gasteiger partial charge on any atom is 0.315 e. The fraction of sp³-hybridized carbons (Fsp3) is 0.588. The van der Waals surface area contributed by atoms with Crippen LogP contribution in [0.15, 0.2) is 24.4 Å². The molecule has 1 saturated heterocycles. The van der Waals surface area contributed by atoms with Crippen LogP contribution in [0, 0.1) is 5.92 Å². The molecule has 0 radical (unpaired) electrons. The normalized spacial score (nSPS) is 17.2. The van der Waals surface area contributed by atoms with E-state index in [1.54, 1.807) is 6.20 Å². The molecular formula is C17H27N5O2. The zero-order chi connectivity index (χ0) is 17.4. The highest BCUT2D eigenvalue weighted by Crippen LogP contribution is 2.16. The van der Waals surface area contributed by atoms with Gasteiger partial charge in [-0.25, -0.2) is 4.79 Å². The quantitative estimate of drug-likeness (QED) is 0.649. The molecule has 2 heterocycles. The summed E-state index contributed by atoms with van der Waals surface area (Å²) in [4.78, 5) is 29.6. The first-order chi connectivity index (χ1) is 11.6. The lowest BCUT2D eigenvalue weighted by Gasteiger charge is -2.30. The van der Waals surface area contributed by atoms with Gasteiger partial charge in [-0.2, -0.15) is 0 Å². The third-order valence-electron chi connectivity index (χ3n) is 4.41.